The van der Waals surface area contributed by atoms with Crippen molar-refractivity contribution in [2.24, 2.45) is 0 Å². The molecule has 0 radical (unpaired) electrons. The lowest BCUT2D eigenvalue weighted by Crippen LogP contribution is -2.36. The van der Waals surface area contributed by atoms with Crippen LogP contribution in [0.15, 0.2) is 65.7 Å². The van der Waals surface area contributed by atoms with Crippen LogP contribution in [-0.4, -0.2) is 35.0 Å². The monoisotopic (exact) mass is 391 g/mol. The van der Waals surface area contributed by atoms with Crippen molar-refractivity contribution in [3.8, 4) is 17.0 Å². The second kappa shape index (κ2) is 8.02. The number of anilines is 1. The van der Waals surface area contributed by atoms with Crippen LogP contribution in [0, 0.1) is 0 Å². The van der Waals surface area contributed by atoms with Crippen molar-refractivity contribution in [3.05, 3.63) is 66.2 Å². The number of fused-ring (bicyclic) bond motifs is 1. The highest BCUT2D eigenvalue weighted by Gasteiger charge is 2.30. The summed E-state index contributed by atoms with van der Waals surface area (Å²) in [6.45, 7) is 2.09. The van der Waals surface area contributed by atoms with E-state index in [0.29, 0.717) is 5.75 Å². The Balaban J connectivity index is 1.40. The Hall–Kier alpha value is -2.86. The molecule has 0 saturated carbocycles. The van der Waals surface area contributed by atoms with Crippen molar-refractivity contribution in [1.82, 2.24) is 10.2 Å². The van der Waals surface area contributed by atoms with E-state index < -0.39 is 0 Å². The maximum Gasteiger partial charge on any atom is 0.237 e. The fraction of sp³-hybridized carbons (Fsp3) is 0.227. The number of amides is 1. The molecule has 2 aromatic carbocycles. The standard InChI is InChI=1S/C22H21N3O2S/c1-15-13-17-5-3-4-6-20(17)25(15)22(26)14-28-21-12-11-19(23-24-21)16-7-9-18(27-2)10-8-16/h3-12,15H,13-14H2,1-2H3/t15-/m0/s1. The van der Waals surface area contributed by atoms with Crippen LogP contribution in [0.4, 0.5) is 5.69 Å². The summed E-state index contributed by atoms with van der Waals surface area (Å²) in [6.07, 6.45) is 0.906. The quantitative estimate of drug-likeness (QED) is 0.610. The van der Waals surface area contributed by atoms with Gasteiger partial charge in [0.2, 0.25) is 5.91 Å². The van der Waals surface area contributed by atoms with Crippen molar-refractivity contribution in [2.45, 2.75) is 24.4 Å². The number of carbonyl (C=O) groups is 1. The number of thioether (sulfide) groups is 1. The average Bonchev–Trinajstić information content (AvgIpc) is 3.08. The molecule has 0 saturated heterocycles. The highest BCUT2D eigenvalue weighted by molar-refractivity contribution is 7.99. The van der Waals surface area contributed by atoms with E-state index in [0.717, 1.165) is 34.1 Å². The van der Waals surface area contributed by atoms with Gasteiger partial charge in [0.05, 0.1) is 18.6 Å². The number of nitrogens with zero attached hydrogens (tertiary/aromatic N) is 3. The number of para-hydroxylation sites is 1. The van der Waals surface area contributed by atoms with Gasteiger partial charge in [0, 0.05) is 17.3 Å². The zero-order valence-electron chi connectivity index (χ0n) is 15.8. The van der Waals surface area contributed by atoms with Crippen LogP contribution in [0.5, 0.6) is 5.75 Å². The molecular weight excluding hydrogens is 370 g/mol. The van der Waals surface area contributed by atoms with E-state index in [2.05, 4.69) is 23.2 Å². The third-order valence-electron chi connectivity index (χ3n) is 4.85. The van der Waals surface area contributed by atoms with Gasteiger partial charge in [0.1, 0.15) is 10.8 Å². The number of methoxy groups -OCH3 is 1. The minimum atomic E-state index is 0.100. The highest BCUT2D eigenvalue weighted by Crippen LogP contribution is 2.32. The summed E-state index contributed by atoms with van der Waals surface area (Å²) in [5.74, 6) is 1.25. The van der Waals surface area contributed by atoms with Gasteiger partial charge >= 0.3 is 0 Å². The Labute approximate surface area is 168 Å². The molecule has 1 amide bonds. The predicted octanol–water partition coefficient (Wildman–Crippen LogP) is 4.22. The number of hydrogen-bond donors (Lipinski definition) is 0. The van der Waals surface area contributed by atoms with Crippen LogP contribution in [0.3, 0.4) is 0 Å². The van der Waals surface area contributed by atoms with Crippen LogP contribution in [-0.2, 0) is 11.2 Å². The average molecular weight is 391 g/mol. The Morgan fingerprint density at radius 1 is 1.11 bits per heavy atom. The number of aromatic nitrogens is 2. The van der Waals surface area contributed by atoms with Gasteiger partial charge < -0.3 is 9.64 Å². The van der Waals surface area contributed by atoms with E-state index in [1.54, 1.807) is 7.11 Å². The normalized spacial score (nSPS) is 15.4. The zero-order valence-corrected chi connectivity index (χ0v) is 16.6. The molecule has 0 N–H and O–H groups in total. The molecule has 2 heterocycles. The molecule has 0 bridgehead atoms. The first-order chi connectivity index (χ1) is 13.7. The molecule has 6 heteroatoms. The first-order valence-electron chi connectivity index (χ1n) is 9.16. The van der Waals surface area contributed by atoms with Crippen LogP contribution in [0.2, 0.25) is 0 Å². The van der Waals surface area contributed by atoms with E-state index in [1.165, 1.54) is 17.3 Å². The molecule has 1 aliphatic rings. The SMILES string of the molecule is COc1ccc(-c2ccc(SCC(=O)N3c4ccccc4C[C@@H]3C)nn2)cc1. The van der Waals surface area contributed by atoms with Crippen molar-refractivity contribution < 1.29 is 9.53 Å². The summed E-state index contributed by atoms with van der Waals surface area (Å²) in [7, 11) is 1.64. The number of hydrogen-bond acceptors (Lipinski definition) is 5. The van der Waals surface area contributed by atoms with Gasteiger partial charge in [-0.15, -0.1) is 10.2 Å². The fourth-order valence-electron chi connectivity index (χ4n) is 3.46. The molecule has 5 nitrogen and oxygen atoms in total. The van der Waals surface area contributed by atoms with Crippen LogP contribution in [0.25, 0.3) is 11.3 Å². The Bertz CT molecular complexity index is 974. The maximum absolute atomic E-state index is 12.8. The van der Waals surface area contributed by atoms with Gasteiger partial charge in [-0.05, 0) is 61.4 Å². The molecule has 0 aliphatic carbocycles. The molecule has 0 unspecified atom stereocenters. The lowest BCUT2D eigenvalue weighted by molar-refractivity contribution is -0.116. The first-order valence-corrected chi connectivity index (χ1v) is 10.1. The van der Waals surface area contributed by atoms with E-state index in [9.17, 15) is 4.79 Å². The highest BCUT2D eigenvalue weighted by atomic mass is 32.2. The number of carbonyl (C=O) groups excluding carboxylic acids is 1. The molecule has 4 rings (SSSR count). The van der Waals surface area contributed by atoms with Crippen molar-refractivity contribution in [3.63, 3.8) is 0 Å². The second-order valence-electron chi connectivity index (χ2n) is 6.72. The molecular formula is C22H21N3O2S. The maximum atomic E-state index is 12.8. The smallest absolute Gasteiger partial charge is 0.237 e. The lowest BCUT2D eigenvalue weighted by atomic mass is 10.1. The minimum Gasteiger partial charge on any atom is -0.497 e. The summed E-state index contributed by atoms with van der Waals surface area (Å²) >= 11 is 1.42. The largest absolute Gasteiger partial charge is 0.497 e. The van der Waals surface area contributed by atoms with Crippen molar-refractivity contribution in [1.29, 1.82) is 0 Å². The summed E-state index contributed by atoms with van der Waals surface area (Å²) in [5.41, 5.74) is 4.03. The summed E-state index contributed by atoms with van der Waals surface area (Å²) in [6, 6.07) is 19.8. The third kappa shape index (κ3) is 3.73. The third-order valence-corrected chi connectivity index (χ3v) is 5.75. The fourth-order valence-corrected chi connectivity index (χ4v) is 4.14. The molecule has 1 atom stereocenters. The van der Waals surface area contributed by atoms with E-state index in [-0.39, 0.29) is 11.9 Å². The molecule has 1 aliphatic heterocycles. The van der Waals surface area contributed by atoms with Gasteiger partial charge in [-0.25, -0.2) is 0 Å². The van der Waals surface area contributed by atoms with E-state index in [1.807, 2.05) is 59.5 Å². The molecule has 0 spiro atoms. The van der Waals surface area contributed by atoms with Crippen molar-refractivity contribution >= 4 is 23.4 Å². The van der Waals surface area contributed by atoms with E-state index >= 15 is 0 Å². The topological polar surface area (TPSA) is 55.3 Å². The second-order valence-corrected chi connectivity index (χ2v) is 7.72. The zero-order chi connectivity index (χ0) is 19.5. The molecule has 3 aromatic rings. The van der Waals surface area contributed by atoms with Gasteiger partial charge in [-0.3, -0.25) is 4.79 Å². The predicted molar refractivity (Wildman–Crippen MR) is 112 cm³/mol. The Morgan fingerprint density at radius 2 is 1.89 bits per heavy atom. The molecule has 142 valence electrons. The summed E-state index contributed by atoms with van der Waals surface area (Å²) in [5, 5.41) is 9.31. The Kier molecular flexibility index (Phi) is 5.30. The van der Waals surface area contributed by atoms with Gasteiger partial charge in [0.25, 0.3) is 0 Å². The number of ether oxygens (including phenoxy) is 1. The van der Waals surface area contributed by atoms with Gasteiger partial charge in [-0.2, -0.15) is 0 Å². The minimum absolute atomic E-state index is 0.100. The van der Waals surface area contributed by atoms with Gasteiger partial charge in [-0.1, -0.05) is 30.0 Å². The lowest BCUT2D eigenvalue weighted by Gasteiger charge is -2.22. The van der Waals surface area contributed by atoms with Gasteiger partial charge in [0.15, 0.2) is 0 Å². The first kappa shape index (κ1) is 18.5. The summed E-state index contributed by atoms with van der Waals surface area (Å²) < 4.78 is 5.17. The number of benzene rings is 2. The molecule has 0 fully saturated rings. The van der Waals surface area contributed by atoms with Crippen molar-refractivity contribution in [2.75, 3.05) is 17.8 Å². The molecule has 1 aromatic heterocycles. The Morgan fingerprint density at radius 3 is 2.61 bits per heavy atom. The summed E-state index contributed by atoms with van der Waals surface area (Å²) in [4.78, 5) is 14.7. The van der Waals surface area contributed by atoms with Crippen LogP contribution in [0.1, 0.15) is 12.5 Å². The molecule has 28 heavy (non-hydrogen) atoms. The van der Waals surface area contributed by atoms with Crippen LogP contribution >= 0.6 is 11.8 Å². The van der Waals surface area contributed by atoms with Crippen LogP contribution < -0.4 is 9.64 Å². The van der Waals surface area contributed by atoms with E-state index in [4.69, 9.17) is 4.74 Å². The number of rotatable bonds is 5.